The molecule has 0 aliphatic heterocycles. The Kier molecular flexibility index (Phi) is 4.39. The van der Waals surface area contributed by atoms with Crippen LogP contribution in [0.1, 0.15) is 31.2 Å². The summed E-state index contributed by atoms with van der Waals surface area (Å²) in [7, 11) is 0. The fourth-order valence-electron chi connectivity index (χ4n) is 1.78. The predicted octanol–water partition coefficient (Wildman–Crippen LogP) is 2.98. The van der Waals surface area contributed by atoms with E-state index in [4.69, 9.17) is 4.42 Å². The molecule has 0 radical (unpaired) electrons. The Balaban J connectivity index is 2.08. The first kappa shape index (κ1) is 13.4. The number of nitrogens with zero attached hydrogens (tertiary/aromatic N) is 2. The van der Waals surface area contributed by atoms with Gasteiger partial charge < -0.3 is 15.1 Å². The monoisotopic (exact) mass is 260 g/mol. The fraction of sp³-hybridized carbons (Fsp3) is 0.429. The van der Waals surface area contributed by atoms with Gasteiger partial charge in [-0.25, -0.2) is 9.97 Å². The lowest BCUT2D eigenvalue weighted by atomic mass is 10.4. The summed E-state index contributed by atoms with van der Waals surface area (Å²) in [6, 6.07) is 5.84. The second kappa shape index (κ2) is 6.22. The first-order valence-electron chi connectivity index (χ1n) is 6.62. The van der Waals surface area contributed by atoms with Crippen molar-refractivity contribution in [1.29, 1.82) is 0 Å². The van der Waals surface area contributed by atoms with Crippen LogP contribution in [0.15, 0.2) is 22.6 Å². The number of aryl methyl sites for hydroxylation is 2. The van der Waals surface area contributed by atoms with Crippen molar-refractivity contribution < 1.29 is 4.42 Å². The van der Waals surface area contributed by atoms with Crippen molar-refractivity contribution in [2.45, 2.75) is 33.7 Å². The summed E-state index contributed by atoms with van der Waals surface area (Å²) in [5, 5.41) is 6.47. The molecular formula is C14H20N4O. The molecule has 0 fully saturated rings. The molecule has 2 heterocycles. The van der Waals surface area contributed by atoms with Crippen LogP contribution in [0.4, 0.5) is 11.6 Å². The number of hydrogen-bond acceptors (Lipinski definition) is 5. The van der Waals surface area contributed by atoms with Crippen LogP contribution in [0.3, 0.4) is 0 Å². The number of hydrogen-bond donors (Lipinski definition) is 2. The largest absolute Gasteiger partial charge is 0.465 e. The molecule has 19 heavy (non-hydrogen) atoms. The molecule has 0 aliphatic rings. The lowest BCUT2D eigenvalue weighted by Crippen LogP contribution is -2.07. The molecule has 2 N–H and O–H groups in total. The van der Waals surface area contributed by atoms with Crippen LogP contribution < -0.4 is 10.6 Å². The van der Waals surface area contributed by atoms with Crippen molar-refractivity contribution in [2.75, 3.05) is 17.2 Å². The zero-order valence-electron chi connectivity index (χ0n) is 11.7. The van der Waals surface area contributed by atoms with Crippen molar-refractivity contribution in [3.8, 4) is 0 Å². The van der Waals surface area contributed by atoms with Gasteiger partial charge in [0.2, 0.25) is 0 Å². The molecule has 0 atom stereocenters. The summed E-state index contributed by atoms with van der Waals surface area (Å²) in [6.07, 6.45) is 0.813. The number of furan rings is 1. The van der Waals surface area contributed by atoms with Crippen LogP contribution in [0.5, 0.6) is 0 Å². The number of aromatic nitrogens is 2. The highest BCUT2D eigenvalue weighted by Gasteiger charge is 2.04. The van der Waals surface area contributed by atoms with Crippen molar-refractivity contribution in [3.63, 3.8) is 0 Å². The Labute approximate surface area is 113 Å². The van der Waals surface area contributed by atoms with E-state index in [1.165, 1.54) is 0 Å². The minimum Gasteiger partial charge on any atom is -0.465 e. The number of nitrogens with one attached hydrogen (secondary N) is 2. The zero-order chi connectivity index (χ0) is 13.7. The highest BCUT2D eigenvalue weighted by molar-refractivity contribution is 5.47. The van der Waals surface area contributed by atoms with Crippen LogP contribution in [-0.2, 0) is 13.0 Å². The molecule has 2 aromatic rings. The number of rotatable bonds is 6. The van der Waals surface area contributed by atoms with Gasteiger partial charge in [0.25, 0.3) is 0 Å². The highest BCUT2D eigenvalue weighted by atomic mass is 16.3. The maximum absolute atomic E-state index is 5.52. The molecule has 0 saturated carbocycles. The summed E-state index contributed by atoms with van der Waals surface area (Å²) < 4.78 is 5.52. The van der Waals surface area contributed by atoms with Gasteiger partial charge in [-0.05, 0) is 26.0 Å². The maximum atomic E-state index is 5.52. The average molecular weight is 260 g/mol. The third-order valence-corrected chi connectivity index (χ3v) is 2.69. The Bertz CT molecular complexity index is 536. The molecule has 2 aromatic heterocycles. The van der Waals surface area contributed by atoms with E-state index in [1.807, 2.05) is 39.0 Å². The van der Waals surface area contributed by atoms with Crippen molar-refractivity contribution >= 4 is 11.6 Å². The van der Waals surface area contributed by atoms with Gasteiger partial charge in [-0.2, -0.15) is 0 Å². The molecule has 5 nitrogen and oxygen atoms in total. The lowest BCUT2D eigenvalue weighted by molar-refractivity contribution is 0.490. The summed E-state index contributed by atoms with van der Waals surface area (Å²) in [4.78, 5) is 8.87. The van der Waals surface area contributed by atoms with Crippen molar-refractivity contribution in [2.24, 2.45) is 0 Å². The number of anilines is 2. The standard InChI is InChI=1S/C14H20N4O/c1-4-12-17-13(15-5-2)8-14(18-12)16-9-11-7-6-10(3)19-11/h6-8H,4-5,9H2,1-3H3,(H2,15,16,17,18). The van der Waals surface area contributed by atoms with Crippen LogP contribution in [0.2, 0.25) is 0 Å². The quantitative estimate of drug-likeness (QED) is 0.836. The van der Waals surface area contributed by atoms with E-state index in [1.54, 1.807) is 0 Å². The molecule has 0 aliphatic carbocycles. The normalized spacial score (nSPS) is 10.5. The van der Waals surface area contributed by atoms with Crippen LogP contribution in [0.25, 0.3) is 0 Å². The van der Waals surface area contributed by atoms with Crippen LogP contribution in [-0.4, -0.2) is 16.5 Å². The first-order chi connectivity index (χ1) is 9.21. The second-order valence-electron chi connectivity index (χ2n) is 4.30. The SMILES string of the molecule is CCNc1cc(NCc2ccc(C)o2)nc(CC)n1. The van der Waals surface area contributed by atoms with Crippen LogP contribution >= 0.6 is 0 Å². The average Bonchev–Trinajstić information content (AvgIpc) is 2.82. The van der Waals surface area contributed by atoms with Gasteiger partial charge in [0.15, 0.2) is 0 Å². The van der Waals surface area contributed by atoms with Crippen LogP contribution in [0, 0.1) is 6.92 Å². The summed E-state index contributed by atoms with van der Waals surface area (Å²) in [6.45, 7) is 7.50. The molecule has 0 unspecified atom stereocenters. The molecule has 0 spiro atoms. The van der Waals surface area contributed by atoms with Crippen molar-refractivity contribution in [1.82, 2.24) is 9.97 Å². The first-order valence-corrected chi connectivity index (χ1v) is 6.62. The van der Waals surface area contributed by atoms with E-state index < -0.39 is 0 Å². The van der Waals surface area contributed by atoms with E-state index in [2.05, 4.69) is 20.6 Å². The minimum atomic E-state index is 0.625. The molecule has 5 heteroatoms. The lowest BCUT2D eigenvalue weighted by Gasteiger charge is -2.09. The van der Waals surface area contributed by atoms with E-state index in [0.717, 1.165) is 41.9 Å². The smallest absolute Gasteiger partial charge is 0.132 e. The molecular weight excluding hydrogens is 240 g/mol. The third-order valence-electron chi connectivity index (χ3n) is 2.69. The zero-order valence-corrected chi connectivity index (χ0v) is 11.7. The summed E-state index contributed by atoms with van der Waals surface area (Å²) in [5.41, 5.74) is 0. The van der Waals surface area contributed by atoms with Gasteiger partial charge in [0.1, 0.15) is 29.0 Å². The maximum Gasteiger partial charge on any atom is 0.132 e. The van der Waals surface area contributed by atoms with Gasteiger partial charge in [0, 0.05) is 19.0 Å². The Morgan fingerprint density at radius 3 is 2.42 bits per heavy atom. The highest BCUT2D eigenvalue weighted by Crippen LogP contribution is 2.14. The fourth-order valence-corrected chi connectivity index (χ4v) is 1.78. The molecule has 0 aromatic carbocycles. The van der Waals surface area contributed by atoms with Gasteiger partial charge in [-0.3, -0.25) is 0 Å². The van der Waals surface area contributed by atoms with E-state index >= 15 is 0 Å². The molecule has 102 valence electrons. The van der Waals surface area contributed by atoms with Gasteiger partial charge in [0.05, 0.1) is 6.54 Å². The molecule has 2 rings (SSSR count). The Morgan fingerprint density at radius 2 is 1.84 bits per heavy atom. The van der Waals surface area contributed by atoms with Gasteiger partial charge >= 0.3 is 0 Å². The topological polar surface area (TPSA) is 63.0 Å². The predicted molar refractivity (Wildman–Crippen MR) is 76.3 cm³/mol. The minimum absolute atomic E-state index is 0.625. The van der Waals surface area contributed by atoms with Gasteiger partial charge in [-0.1, -0.05) is 6.92 Å². The van der Waals surface area contributed by atoms with E-state index in [0.29, 0.717) is 6.54 Å². The Hall–Kier alpha value is -2.04. The third kappa shape index (κ3) is 3.71. The van der Waals surface area contributed by atoms with E-state index in [9.17, 15) is 0 Å². The summed E-state index contributed by atoms with van der Waals surface area (Å²) >= 11 is 0. The summed E-state index contributed by atoms with van der Waals surface area (Å²) in [5.74, 6) is 4.32. The van der Waals surface area contributed by atoms with Gasteiger partial charge in [-0.15, -0.1) is 0 Å². The molecule has 0 saturated heterocycles. The van der Waals surface area contributed by atoms with E-state index in [-0.39, 0.29) is 0 Å². The Morgan fingerprint density at radius 1 is 1.11 bits per heavy atom. The van der Waals surface area contributed by atoms with Crippen molar-refractivity contribution in [3.05, 3.63) is 35.5 Å². The molecule has 0 bridgehead atoms. The molecule has 0 amide bonds. The second-order valence-corrected chi connectivity index (χ2v) is 4.30.